The van der Waals surface area contributed by atoms with Crippen LogP contribution in [0.15, 0.2) is 5.03 Å². The summed E-state index contributed by atoms with van der Waals surface area (Å²) in [4.78, 5) is 0. The van der Waals surface area contributed by atoms with Gasteiger partial charge in [-0.1, -0.05) is 6.92 Å². The van der Waals surface area contributed by atoms with Gasteiger partial charge in [0, 0.05) is 24.3 Å². The lowest BCUT2D eigenvalue weighted by molar-refractivity contribution is 0.379. The highest BCUT2D eigenvalue weighted by molar-refractivity contribution is 7.89. The van der Waals surface area contributed by atoms with E-state index in [1.807, 2.05) is 13.8 Å². The SMILES string of the molecule is CCC(C)N(C)S(=O)(=O)c1n[nH]c(C)c1CCl. The molecule has 0 amide bonds. The van der Waals surface area contributed by atoms with Crippen LogP contribution in [0.2, 0.25) is 0 Å². The molecule has 1 N–H and O–H groups in total. The molecule has 1 heterocycles. The van der Waals surface area contributed by atoms with E-state index in [0.717, 1.165) is 6.42 Å². The molecule has 0 aliphatic carbocycles. The Morgan fingerprint density at radius 3 is 2.59 bits per heavy atom. The van der Waals surface area contributed by atoms with Crippen molar-refractivity contribution in [1.29, 1.82) is 0 Å². The average molecular weight is 280 g/mol. The smallest absolute Gasteiger partial charge is 0.262 e. The van der Waals surface area contributed by atoms with Crippen molar-refractivity contribution >= 4 is 21.6 Å². The zero-order chi connectivity index (χ0) is 13.2. The first kappa shape index (κ1) is 14.5. The van der Waals surface area contributed by atoms with Crippen LogP contribution in [-0.4, -0.2) is 36.0 Å². The fraction of sp³-hybridized carbons (Fsp3) is 0.700. The van der Waals surface area contributed by atoms with Crippen molar-refractivity contribution in [3.05, 3.63) is 11.3 Å². The van der Waals surface area contributed by atoms with Crippen LogP contribution < -0.4 is 0 Å². The van der Waals surface area contributed by atoms with Crippen molar-refractivity contribution < 1.29 is 8.42 Å². The van der Waals surface area contributed by atoms with Gasteiger partial charge in [0.25, 0.3) is 10.0 Å². The molecule has 5 nitrogen and oxygen atoms in total. The number of aromatic amines is 1. The number of alkyl halides is 1. The minimum atomic E-state index is -3.57. The van der Waals surface area contributed by atoms with Crippen LogP contribution in [0.1, 0.15) is 31.5 Å². The van der Waals surface area contributed by atoms with E-state index in [1.54, 1.807) is 14.0 Å². The van der Waals surface area contributed by atoms with Crippen LogP contribution >= 0.6 is 11.6 Å². The van der Waals surface area contributed by atoms with Crippen molar-refractivity contribution in [2.45, 2.75) is 44.1 Å². The molecule has 0 radical (unpaired) electrons. The summed E-state index contributed by atoms with van der Waals surface area (Å²) in [5.41, 5.74) is 1.23. The molecule has 17 heavy (non-hydrogen) atoms. The van der Waals surface area contributed by atoms with E-state index in [9.17, 15) is 8.42 Å². The van der Waals surface area contributed by atoms with E-state index >= 15 is 0 Å². The highest BCUT2D eigenvalue weighted by Gasteiger charge is 2.30. The van der Waals surface area contributed by atoms with Crippen LogP contribution in [0.4, 0.5) is 0 Å². The van der Waals surface area contributed by atoms with Gasteiger partial charge in [0.05, 0.1) is 5.88 Å². The van der Waals surface area contributed by atoms with Crippen LogP contribution in [0.3, 0.4) is 0 Å². The minimum Gasteiger partial charge on any atom is -0.281 e. The van der Waals surface area contributed by atoms with E-state index in [1.165, 1.54) is 4.31 Å². The topological polar surface area (TPSA) is 66.1 Å². The largest absolute Gasteiger partial charge is 0.281 e. The number of nitrogens with zero attached hydrogens (tertiary/aromatic N) is 2. The molecule has 7 heteroatoms. The van der Waals surface area contributed by atoms with Crippen molar-refractivity contribution in [2.24, 2.45) is 0 Å². The lowest BCUT2D eigenvalue weighted by Gasteiger charge is -2.22. The molecular weight excluding hydrogens is 262 g/mol. The summed E-state index contributed by atoms with van der Waals surface area (Å²) in [6.07, 6.45) is 0.745. The van der Waals surface area contributed by atoms with Crippen LogP contribution in [0, 0.1) is 6.92 Å². The fourth-order valence-corrected chi connectivity index (χ4v) is 3.43. The highest BCUT2D eigenvalue weighted by atomic mass is 35.5. The number of halogens is 1. The second-order valence-electron chi connectivity index (χ2n) is 4.04. The molecule has 1 atom stereocenters. The van der Waals surface area contributed by atoms with Gasteiger partial charge < -0.3 is 0 Å². The van der Waals surface area contributed by atoms with Gasteiger partial charge in [0.15, 0.2) is 5.03 Å². The molecule has 1 aromatic heterocycles. The van der Waals surface area contributed by atoms with E-state index in [0.29, 0.717) is 11.3 Å². The van der Waals surface area contributed by atoms with Gasteiger partial charge in [-0.25, -0.2) is 8.42 Å². The molecule has 0 saturated heterocycles. The number of aromatic nitrogens is 2. The van der Waals surface area contributed by atoms with E-state index in [2.05, 4.69) is 10.2 Å². The van der Waals surface area contributed by atoms with Crippen molar-refractivity contribution in [3.8, 4) is 0 Å². The third kappa shape index (κ3) is 2.64. The Bertz CT molecular complexity index is 484. The molecule has 0 bridgehead atoms. The minimum absolute atomic E-state index is 0.0350. The van der Waals surface area contributed by atoms with Crippen molar-refractivity contribution in [1.82, 2.24) is 14.5 Å². The number of nitrogens with one attached hydrogen (secondary N) is 1. The molecule has 0 saturated carbocycles. The third-order valence-electron chi connectivity index (χ3n) is 3.00. The Kier molecular flexibility index (Phi) is 4.57. The predicted molar refractivity (Wildman–Crippen MR) is 67.6 cm³/mol. The van der Waals surface area contributed by atoms with Gasteiger partial charge in [-0.15, -0.1) is 11.6 Å². The molecule has 1 aromatic rings. The summed E-state index contributed by atoms with van der Waals surface area (Å²) in [5, 5.41) is 6.56. The number of rotatable bonds is 5. The third-order valence-corrected chi connectivity index (χ3v) is 5.22. The summed E-state index contributed by atoms with van der Waals surface area (Å²) in [7, 11) is -2.00. The first-order valence-corrected chi connectivity index (χ1v) is 7.41. The molecule has 0 aliphatic heterocycles. The molecular formula is C10H18ClN3O2S. The number of H-pyrrole nitrogens is 1. The van der Waals surface area contributed by atoms with Crippen LogP contribution in [0.25, 0.3) is 0 Å². The van der Waals surface area contributed by atoms with E-state index < -0.39 is 10.0 Å². The van der Waals surface area contributed by atoms with E-state index in [4.69, 9.17) is 11.6 Å². The maximum Gasteiger partial charge on any atom is 0.262 e. The highest BCUT2D eigenvalue weighted by Crippen LogP contribution is 2.22. The monoisotopic (exact) mass is 279 g/mol. The van der Waals surface area contributed by atoms with Gasteiger partial charge >= 0.3 is 0 Å². The summed E-state index contributed by atoms with van der Waals surface area (Å²) in [6.45, 7) is 5.55. The van der Waals surface area contributed by atoms with Gasteiger partial charge in [0.1, 0.15) is 0 Å². The van der Waals surface area contributed by atoms with Crippen LogP contribution in [-0.2, 0) is 15.9 Å². The molecule has 0 aromatic carbocycles. The van der Waals surface area contributed by atoms with Crippen molar-refractivity contribution in [2.75, 3.05) is 7.05 Å². The summed E-state index contributed by atoms with van der Waals surface area (Å²) >= 11 is 5.76. The Hall–Kier alpha value is -0.590. The van der Waals surface area contributed by atoms with Crippen LogP contribution in [0.5, 0.6) is 0 Å². The molecule has 98 valence electrons. The maximum absolute atomic E-state index is 12.3. The normalized spacial score (nSPS) is 14.2. The fourth-order valence-electron chi connectivity index (χ4n) is 1.43. The zero-order valence-electron chi connectivity index (χ0n) is 10.5. The lowest BCUT2D eigenvalue weighted by Crippen LogP contribution is -2.35. The standard InChI is InChI=1S/C10H18ClN3O2S/c1-5-7(2)14(4)17(15,16)10-9(6-11)8(3)12-13-10/h7H,5-6H2,1-4H3,(H,12,13). The van der Waals surface area contributed by atoms with Gasteiger partial charge in [0.2, 0.25) is 0 Å². The molecule has 0 fully saturated rings. The van der Waals surface area contributed by atoms with E-state index in [-0.39, 0.29) is 16.9 Å². The molecule has 1 rings (SSSR count). The number of hydrogen-bond donors (Lipinski definition) is 1. The maximum atomic E-state index is 12.3. The summed E-state index contributed by atoms with van der Waals surface area (Å²) in [6, 6.07) is -0.0693. The number of sulfonamides is 1. The number of hydrogen-bond acceptors (Lipinski definition) is 3. The van der Waals surface area contributed by atoms with Crippen molar-refractivity contribution in [3.63, 3.8) is 0 Å². The second-order valence-corrected chi connectivity index (χ2v) is 6.22. The molecule has 0 spiro atoms. The Morgan fingerprint density at radius 1 is 1.53 bits per heavy atom. The van der Waals surface area contributed by atoms with Gasteiger partial charge in [-0.05, 0) is 20.3 Å². The quantitative estimate of drug-likeness (QED) is 0.837. The summed E-state index contributed by atoms with van der Waals surface area (Å²) < 4.78 is 26.0. The molecule has 0 aliphatic rings. The number of aryl methyl sites for hydroxylation is 1. The first-order valence-electron chi connectivity index (χ1n) is 5.44. The predicted octanol–water partition coefficient (Wildman–Crippen LogP) is 1.88. The van der Waals surface area contributed by atoms with Gasteiger partial charge in [-0.2, -0.15) is 9.40 Å². The summed E-state index contributed by atoms with van der Waals surface area (Å²) in [5.74, 6) is 0.130. The average Bonchev–Trinajstić information content (AvgIpc) is 2.68. The van der Waals surface area contributed by atoms with Gasteiger partial charge in [-0.3, -0.25) is 5.10 Å². The Labute approximate surface area is 107 Å². The Morgan fingerprint density at radius 2 is 2.12 bits per heavy atom. The lowest BCUT2D eigenvalue weighted by atomic mass is 10.3. The molecule has 1 unspecified atom stereocenters. The second kappa shape index (κ2) is 5.37. The zero-order valence-corrected chi connectivity index (χ0v) is 12.1. The Balaban J connectivity index is 3.22. The first-order chi connectivity index (χ1) is 7.86.